The quantitative estimate of drug-likeness (QED) is 0.739. The van der Waals surface area contributed by atoms with Crippen LogP contribution in [0, 0.1) is 5.92 Å². The maximum Gasteiger partial charge on any atom is 0.329 e. The van der Waals surface area contributed by atoms with Crippen molar-refractivity contribution in [3.63, 3.8) is 0 Å². The van der Waals surface area contributed by atoms with Gasteiger partial charge in [-0.1, -0.05) is 13.3 Å². The van der Waals surface area contributed by atoms with Crippen LogP contribution in [-0.2, 0) is 9.53 Å². The van der Waals surface area contributed by atoms with E-state index in [9.17, 15) is 14.7 Å². The van der Waals surface area contributed by atoms with Gasteiger partial charge in [-0.15, -0.1) is 0 Å². The number of carboxylic acid groups (broad SMARTS) is 1. The van der Waals surface area contributed by atoms with Gasteiger partial charge in [0.1, 0.15) is 5.54 Å². The third-order valence-corrected chi connectivity index (χ3v) is 4.79. The smallest absolute Gasteiger partial charge is 0.329 e. The number of ether oxygens (including phenoxy) is 1. The van der Waals surface area contributed by atoms with E-state index in [2.05, 4.69) is 17.6 Å². The minimum atomic E-state index is -1.11. The Labute approximate surface area is 125 Å². The highest BCUT2D eigenvalue weighted by atomic mass is 16.5. The van der Waals surface area contributed by atoms with Crippen LogP contribution in [0.5, 0.6) is 0 Å². The largest absolute Gasteiger partial charge is 0.480 e. The molecule has 1 unspecified atom stereocenters. The van der Waals surface area contributed by atoms with Crippen LogP contribution in [0.2, 0.25) is 0 Å². The Bertz CT molecular complexity index is 372. The molecule has 2 rings (SSSR count). The van der Waals surface area contributed by atoms with Crippen LogP contribution in [0.4, 0.5) is 4.79 Å². The molecule has 0 aromatic heterocycles. The summed E-state index contributed by atoms with van der Waals surface area (Å²) in [6.45, 7) is 3.37. The van der Waals surface area contributed by atoms with Gasteiger partial charge in [0, 0.05) is 6.61 Å². The number of carbonyl (C=O) groups is 2. The highest BCUT2D eigenvalue weighted by Gasteiger charge is 2.43. The Kier molecular flexibility index (Phi) is 5.45. The molecular formula is C15H26N2O4. The van der Waals surface area contributed by atoms with Gasteiger partial charge in [0.05, 0.1) is 12.6 Å². The van der Waals surface area contributed by atoms with E-state index in [4.69, 9.17) is 4.74 Å². The zero-order valence-electron chi connectivity index (χ0n) is 12.7. The lowest BCUT2D eigenvalue weighted by Crippen LogP contribution is -2.60. The molecule has 1 atom stereocenters. The third kappa shape index (κ3) is 4.09. The average molecular weight is 298 g/mol. The fourth-order valence-electron chi connectivity index (χ4n) is 3.26. The van der Waals surface area contributed by atoms with E-state index in [0.717, 1.165) is 38.7 Å². The Hall–Kier alpha value is -1.30. The normalized spacial score (nSPS) is 33.2. The van der Waals surface area contributed by atoms with Crippen molar-refractivity contribution in [1.82, 2.24) is 10.6 Å². The first-order valence-electron chi connectivity index (χ1n) is 7.95. The molecule has 2 amide bonds. The maximum atomic E-state index is 12.1. The number of carboxylic acids is 1. The van der Waals surface area contributed by atoms with Gasteiger partial charge in [0.2, 0.25) is 0 Å². The molecule has 120 valence electrons. The van der Waals surface area contributed by atoms with Gasteiger partial charge in [-0.2, -0.15) is 0 Å². The van der Waals surface area contributed by atoms with Crippen molar-refractivity contribution in [2.45, 2.75) is 63.5 Å². The number of rotatable bonds is 4. The molecule has 1 aliphatic heterocycles. The van der Waals surface area contributed by atoms with E-state index >= 15 is 0 Å². The lowest BCUT2D eigenvalue weighted by atomic mass is 9.75. The van der Waals surface area contributed by atoms with E-state index in [1.165, 1.54) is 0 Å². The van der Waals surface area contributed by atoms with Crippen molar-refractivity contribution < 1.29 is 19.4 Å². The van der Waals surface area contributed by atoms with E-state index < -0.39 is 11.5 Å². The first kappa shape index (κ1) is 16.1. The second-order valence-corrected chi connectivity index (χ2v) is 6.25. The predicted octanol–water partition coefficient (Wildman–Crippen LogP) is 1.89. The van der Waals surface area contributed by atoms with Gasteiger partial charge in [-0.05, 0) is 44.4 Å². The minimum absolute atomic E-state index is 0.0171. The first-order valence-corrected chi connectivity index (χ1v) is 7.95. The molecular weight excluding hydrogens is 272 g/mol. The van der Waals surface area contributed by atoms with Crippen LogP contribution in [0.3, 0.4) is 0 Å². The van der Waals surface area contributed by atoms with Crippen molar-refractivity contribution in [1.29, 1.82) is 0 Å². The third-order valence-electron chi connectivity index (χ3n) is 4.79. The molecule has 6 nitrogen and oxygen atoms in total. The van der Waals surface area contributed by atoms with Gasteiger partial charge < -0.3 is 20.5 Å². The summed E-state index contributed by atoms with van der Waals surface area (Å²) < 4.78 is 5.32. The second-order valence-electron chi connectivity index (χ2n) is 6.25. The molecule has 0 radical (unpaired) electrons. The molecule has 6 heteroatoms. The molecule has 1 aliphatic carbocycles. The van der Waals surface area contributed by atoms with Crippen LogP contribution in [0.15, 0.2) is 0 Å². The van der Waals surface area contributed by atoms with Crippen molar-refractivity contribution in [2.75, 3.05) is 13.2 Å². The van der Waals surface area contributed by atoms with Gasteiger partial charge in [0.15, 0.2) is 0 Å². The van der Waals surface area contributed by atoms with E-state index in [1.807, 2.05) is 0 Å². The lowest BCUT2D eigenvalue weighted by molar-refractivity contribution is -0.146. The molecule has 1 saturated carbocycles. The molecule has 2 fully saturated rings. The number of amides is 2. The zero-order valence-corrected chi connectivity index (χ0v) is 12.7. The summed E-state index contributed by atoms with van der Waals surface area (Å²) in [5, 5.41) is 15.1. The molecule has 2 aliphatic rings. The maximum absolute atomic E-state index is 12.1. The highest BCUT2D eigenvalue weighted by Crippen LogP contribution is 2.34. The summed E-state index contributed by atoms with van der Waals surface area (Å²) in [4.78, 5) is 23.7. The van der Waals surface area contributed by atoms with Gasteiger partial charge in [-0.25, -0.2) is 9.59 Å². The Morgan fingerprint density at radius 3 is 2.52 bits per heavy atom. The van der Waals surface area contributed by atoms with Crippen molar-refractivity contribution >= 4 is 12.0 Å². The highest BCUT2D eigenvalue weighted by molar-refractivity contribution is 5.86. The first-order chi connectivity index (χ1) is 10.1. The Morgan fingerprint density at radius 2 is 2.00 bits per heavy atom. The minimum Gasteiger partial charge on any atom is -0.480 e. The van der Waals surface area contributed by atoms with Crippen molar-refractivity contribution in [3.05, 3.63) is 0 Å². The molecule has 3 N–H and O–H groups in total. The SMILES string of the molecule is CCC1CCC(NC(=O)NC2CCCOC2)(C(=O)O)CC1. The van der Waals surface area contributed by atoms with Crippen molar-refractivity contribution in [3.8, 4) is 0 Å². The van der Waals surface area contributed by atoms with Crippen LogP contribution in [0.1, 0.15) is 51.9 Å². The lowest BCUT2D eigenvalue weighted by Gasteiger charge is -2.37. The van der Waals surface area contributed by atoms with Crippen molar-refractivity contribution in [2.24, 2.45) is 5.92 Å². The summed E-state index contributed by atoms with van der Waals surface area (Å²) in [6, 6.07) is -0.403. The number of nitrogens with one attached hydrogen (secondary N) is 2. The van der Waals surface area contributed by atoms with E-state index in [-0.39, 0.29) is 12.1 Å². The second kappa shape index (κ2) is 7.11. The topological polar surface area (TPSA) is 87.7 Å². The van der Waals surface area contributed by atoms with Crippen LogP contribution >= 0.6 is 0 Å². The van der Waals surface area contributed by atoms with Gasteiger partial charge >= 0.3 is 12.0 Å². The Morgan fingerprint density at radius 1 is 1.29 bits per heavy atom. The van der Waals surface area contributed by atoms with Crippen LogP contribution in [-0.4, -0.2) is 41.9 Å². The average Bonchev–Trinajstić information content (AvgIpc) is 2.48. The summed E-state index contributed by atoms with van der Waals surface area (Å²) in [5.41, 5.74) is -1.11. The van der Waals surface area contributed by atoms with Gasteiger partial charge in [-0.3, -0.25) is 0 Å². The van der Waals surface area contributed by atoms with Crippen LogP contribution < -0.4 is 10.6 Å². The number of aliphatic carboxylic acids is 1. The standard InChI is InChI=1S/C15H26N2O4/c1-2-11-5-7-15(8-6-11,13(18)19)17-14(20)16-12-4-3-9-21-10-12/h11-12H,2-10H2,1H3,(H,18,19)(H2,16,17,20). The number of hydrogen-bond donors (Lipinski definition) is 3. The summed E-state index contributed by atoms with van der Waals surface area (Å²) in [7, 11) is 0. The molecule has 1 heterocycles. The predicted molar refractivity (Wildman–Crippen MR) is 78.1 cm³/mol. The van der Waals surface area contributed by atoms with E-state index in [0.29, 0.717) is 25.4 Å². The fraction of sp³-hybridized carbons (Fsp3) is 0.867. The van der Waals surface area contributed by atoms with Crippen LogP contribution in [0.25, 0.3) is 0 Å². The molecule has 0 aromatic rings. The van der Waals surface area contributed by atoms with E-state index in [1.54, 1.807) is 0 Å². The monoisotopic (exact) mass is 298 g/mol. The number of urea groups is 1. The van der Waals surface area contributed by atoms with Gasteiger partial charge in [0.25, 0.3) is 0 Å². The summed E-state index contributed by atoms with van der Waals surface area (Å²) >= 11 is 0. The summed E-state index contributed by atoms with van der Waals surface area (Å²) in [5.74, 6) is -0.346. The molecule has 0 aromatic carbocycles. The Balaban J connectivity index is 1.90. The fourth-order valence-corrected chi connectivity index (χ4v) is 3.26. The molecule has 0 bridgehead atoms. The molecule has 1 saturated heterocycles. The molecule has 0 spiro atoms. The molecule has 21 heavy (non-hydrogen) atoms. The zero-order chi connectivity index (χ0) is 15.3. The number of carbonyl (C=O) groups excluding carboxylic acids is 1. The summed E-state index contributed by atoms with van der Waals surface area (Å²) in [6.07, 6.45) is 5.61. The number of hydrogen-bond acceptors (Lipinski definition) is 3.